The van der Waals surface area contributed by atoms with Gasteiger partial charge in [0, 0.05) is 13.0 Å². The van der Waals surface area contributed by atoms with Gasteiger partial charge >= 0.3 is 0 Å². The number of hydrogen-bond donors (Lipinski definition) is 2. The minimum absolute atomic E-state index is 0.179. The Morgan fingerprint density at radius 1 is 1.47 bits per heavy atom. The molecule has 15 heavy (non-hydrogen) atoms. The van der Waals surface area contributed by atoms with E-state index in [1.165, 1.54) is 12.8 Å². The standard InChI is InChI=1S/C12H24N2O/c1-12(2,6-3-7-13)9-14-11(15)8-10-4-5-10/h10H,3-9,13H2,1-2H3,(H,14,15). The summed E-state index contributed by atoms with van der Waals surface area (Å²) in [7, 11) is 0. The average Bonchev–Trinajstić information content (AvgIpc) is 2.96. The van der Waals surface area contributed by atoms with Crippen molar-refractivity contribution < 1.29 is 4.79 Å². The molecule has 1 fully saturated rings. The van der Waals surface area contributed by atoms with Crippen molar-refractivity contribution >= 4 is 5.91 Å². The second-order valence-corrected chi connectivity index (χ2v) is 5.48. The van der Waals surface area contributed by atoms with Crippen LogP contribution in [-0.2, 0) is 4.79 Å². The molecule has 0 spiro atoms. The molecule has 1 amide bonds. The SMILES string of the molecule is CC(C)(CCCN)CNC(=O)CC1CC1. The van der Waals surface area contributed by atoms with Crippen molar-refractivity contribution in [1.29, 1.82) is 0 Å². The predicted molar refractivity (Wildman–Crippen MR) is 62.4 cm³/mol. The first kappa shape index (κ1) is 12.5. The topological polar surface area (TPSA) is 55.1 Å². The van der Waals surface area contributed by atoms with Crippen LogP contribution in [0.3, 0.4) is 0 Å². The fourth-order valence-corrected chi connectivity index (χ4v) is 1.66. The van der Waals surface area contributed by atoms with Gasteiger partial charge in [0.05, 0.1) is 0 Å². The molecule has 0 bridgehead atoms. The average molecular weight is 212 g/mol. The number of amides is 1. The summed E-state index contributed by atoms with van der Waals surface area (Å²) in [4.78, 5) is 11.5. The molecule has 0 saturated heterocycles. The molecule has 0 heterocycles. The maximum absolute atomic E-state index is 11.5. The van der Waals surface area contributed by atoms with Gasteiger partial charge in [0.2, 0.25) is 5.91 Å². The summed E-state index contributed by atoms with van der Waals surface area (Å²) in [5.74, 6) is 0.899. The summed E-state index contributed by atoms with van der Waals surface area (Å²) in [6.07, 6.45) is 5.32. The van der Waals surface area contributed by atoms with Crippen molar-refractivity contribution in [3.63, 3.8) is 0 Å². The lowest BCUT2D eigenvalue weighted by atomic mass is 9.87. The quantitative estimate of drug-likeness (QED) is 0.674. The van der Waals surface area contributed by atoms with Crippen LogP contribution in [0, 0.1) is 11.3 Å². The first-order chi connectivity index (χ1) is 7.03. The molecular formula is C12H24N2O. The van der Waals surface area contributed by atoms with Crippen LogP contribution >= 0.6 is 0 Å². The van der Waals surface area contributed by atoms with E-state index in [9.17, 15) is 4.79 Å². The second kappa shape index (κ2) is 5.50. The molecule has 1 aliphatic rings. The van der Waals surface area contributed by atoms with Gasteiger partial charge in [-0.25, -0.2) is 0 Å². The number of carbonyl (C=O) groups excluding carboxylic acids is 1. The summed E-state index contributed by atoms with van der Waals surface area (Å²) in [5.41, 5.74) is 5.66. The zero-order valence-electron chi connectivity index (χ0n) is 10.0. The molecule has 3 nitrogen and oxygen atoms in total. The largest absolute Gasteiger partial charge is 0.356 e. The zero-order chi connectivity index (χ0) is 11.3. The Hall–Kier alpha value is -0.570. The van der Waals surface area contributed by atoms with Crippen LogP contribution in [0.5, 0.6) is 0 Å². The smallest absolute Gasteiger partial charge is 0.220 e. The monoisotopic (exact) mass is 212 g/mol. The first-order valence-corrected chi connectivity index (χ1v) is 6.00. The van der Waals surface area contributed by atoms with Crippen molar-refractivity contribution in [3.05, 3.63) is 0 Å². The van der Waals surface area contributed by atoms with Crippen LogP contribution in [0.25, 0.3) is 0 Å². The van der Waals surface area contributed by atoms with E-state index in [-0.39, 0.29) is 11.3 Å². The molecule has 3 N–H and O–H groups in total. The van der Waals surface area contributed by atoms with Crippen molar-refractivity contribution in [1.82, 2.24) is 5.32 Å². The van der Waals surface area contributed by atoms with Crippen LogP contribution in [0.15, 0.2) is 0 Å². The van der Waals surface area contributed by atoms with E-state index < -0.39 is 0 Å². The van der Waals surface area contributed by atoms with Gasteiger partial charge in [0.15, 0.2) is 0 Å². The number of nitrogens with two attached hydrogens (primary N) is 1. The Morgan fingerprint density at radius 3 is 2.67 bits per heavy atom. The van der Waals surface area contributed by atoms with E-state index in [1.807, 2.05) is 0 Å². The van der Waals surface area contributed by atoms with E-state index in [0.717, 1.165) is 32.4 Å². The van der Waals surface area contributed by atoms with Crippen LogP contribution in [-0.4, -0.2) is 19.0 Å². The minimum Gasteiger partial charge on any atom is -0.356 e. The summed E-state index contributed by atoms with van der Waals surface area (Å²) in [5, 5.41) is 3.02. The maximum Gasteiger partial charge on any atom is 0.220 e. The summed E-state index contributed by atoms with van der Waals surface area (Å²) in [6.45, 7) is 5.87. The number of hydrogen-bond acceptors (Lipinski definition) is 2. The molecule has 1 aliphatic carbocycles. The third-order valence-corrected chi connectivity index (χ3v) is 2.99. The fourth-order valence-electron chi connectivity index (χ4n) is 1.66. The van der Waals surface area contributed by atoms with E-state index in [4.69, 9.17) is 5.73 Å². The van der Waals surface area contributed by atoms with Gasteiger partial charge in [-0.15, -0.1) is 0 Å². The van der Waals surface area contributed by atoms with Crippen molar-refractivity contribution in [2.45, 2.75) is 46.0 Å². The highest BCUT2D eigenvalue weighted by molar-refractivity contribution is 5.76. The van der Waals surface area contributed by atoms with Gasteiger partial charge in [-0.05, 0) is 43.6 Å². The lowest BCUT2D eigenvalue weighted by Gasteiger charge is -2.24. The molecule has 88 valence electrons. The normalized spacial score (nSPS) is 16.5. The maximum atomic E-state index is 11.5. The van der Waals surface area contributed by atoms with Crippen molar-refractivity contribution in [3.8, 4) is 0 Å². The highest BCUT2D eigenvalue weighted by atomic mass is 16.1. The molecule has 0 aromatic rings. The van der Waals surface area contributed by atoms with Gasteiger partial charge < -0.3 is 11.1 Å². The zero-order valence-corrected chi connectivity index (χ0v) is 10.0. The fraction of sp³-hybridized carbons (Fsp3) is 0.917. The molecule has 0 aliphatic heterocycles. The molecule has 1 saturated carbocycles. The molecule has 3 heteroatoms. The molecule has 0 aromatic heterocycles. The third kappa shape index (κ3) is 5.78. The summed E-state index contributed by atoms with van der Waals surface area (Å²) < 4.78 is 0. The first-order valence-electron chi connectivity index (χ1n) is 6.00. The van der Waals surface area contributed by atoms with Crippen LogP contribution in [0.2, 0.25) is 0 Å². The Labute approximate surface area is 92.8 Å². The number of carbonyl (C=O) groups is 1. The van der Waals surface area contributed by atoms with Crippen molar-refractivity contribution in [2.75, 3.05) is 13.1 Å². The van der Waals surface area contributed by atoms with Crippen LogP contribution in [0.4, 0.5) is 0 Å². The Balaban J connectivity index is 2.12. The highest BCUT2D eigenvalue weighted by Gasteiger charge is 2.25. The van der Waals surface area contributed by atoms with E-state index >= 15 is 0 Å². The van der Waals surface area contributed by atoms with E-state index in [2.05, 4.69) is 19.2 Å². The van der Waals surface area contributed by atoms with Crippen LogP contribution < -0.4 is 11.1 Å². The van der Waals surface area contributed by atoms with Gasteiger partial charge in [0.1, 0.15) is 0 Å². The van der Waals surface area contributed by atoms with Gasteiger partial charge in [-0.2, -0.15) is 0 Å². The van der Waals surface area contributed by atoms with E-state index in [0.29, 0.717) is 5.92 Å². The van der Waals surface area contributed by atoms with Gasteiger partial charge in [-0.1, -0.05) is 13.8 Å². The van der Waals surface area contributed by atoms with E-state index in [1.54, 1.807) is 0 Å². The second-order valence-electron chi connectivity index (χ2n) is 5.48. The molecule has 0 radical (unpaired) electrons. The number of nitrogens with one attached hydrogen (secondary N) is 1. The van der Waals surface area contributed by atoms with Crippen molar-refractivity contribution in [2.24, 2.45) is 17.1 Å². The molecule has 1 rings (SSSR count). The molecule has 0 atom stereocenters. The lowest BCUT2D eigenvalue weighted by Crippen LogP contribution is -2.34. The molecular weight excluding hydrogens is 188 g/mol. The lowest BCUT2D eigenvalue weighted by molar-refractivity contribution is -0.121. The summed E-state index contributed by atoms with van der Waals surface area (Å²) >= 11 is 0. The minimum atomic E-state index is 0.179. The van der Waals surface area contributed by atoms with Gasteiger partial charge in [0.25, 0.3) is 0 Å². The van der Waals surface area contributed by atoms with Gasteiger partial charge in [-0.3, -0.25) is 4.79 Å². The Morgan fingerprint density at radius 2 is 2.13 bits per heavy atom. The highest BCUT2D eigenvalue weighted by Crippen LogP contribution is 2.32. The molecule has 0 aromatic carbocycles. The van der Waals surface area contributed by atoms with Crippen LogP contribution in [0.1, 0.15) is 46.0 Å². The Bertz CT molecular complexity index is 210. The molecule has 0 unspecified atom stereocenters. The predicted octanol–water partition coefficient (Wildman–Crippen LogP) is 1.67. The summed E-state index contributed by atoms with van der Waals surface area (Å²) in [6, 6.07) is 0. The Kier molecular flexibility index (Phi) is 4.58. The number of rotatable bonds is 7. The third-order valence-electron chi connectivity index (χ3n) is 2.99.